The Balaban J connectivity index is 2.13. The van der Waals surface area contributed by atoms with E-state index in [1.165, 1.54) is 0 Å². The van der Waals surface area contributed by atoms with Crippen molar-refractivity contribution in [2.24, 2.45) is 0 Å². The third-order valence-electron chi connectivity index (χ3n) is 4.33. The van der Waals surface area contributed by atoms with Crippen molar-refractivity contribution in [1.82, 2.24) is 4.98 Å². The molecule has 1 aromatic heterocycles. The summed E-state index contributed by atoms with van der Waals surface area (Å²) < 4.78 is 5.31. The molecular weight excluding hydrogens is 298 g/mol. The molecule has 0 aliphatic rings. The molecule has 3 heteroatoms. The van der Waals surface area contributed by atoms with Crippen molar-refractivity contribution in [1.29, 1.82) is 0 Å². The maximum Gasteiger partial charge on any atom is 0.119 e. The summed E-state index contributed by atoms with van der Waals surface area (Å²) in [6.45, 7) is 1.83. The van der Waals surface area contributed by atoms with Crippen molar-refractivity contribution in [3.05, 3.63) is 95.8 Å². The Kier molecular flexibility index (Phi) is 4.63. The topological polar surface area (TPSA) is 42.4 Å². The van der Waals surface area contributed by atoms with Crippen LogP contribution in [0.15, 0.2) is 79.0 Å². The molecule has 2 unspecified atom stereocenters. The summed E-state index contributed by atoms with van der Waals surface area (Å²) in [5.41, 5.74) is 1.51. The normalized spacial score (nSPS) is 14.6. The lowest BCUT2D eigenvalue weighted by Gasteiger charge is -2.33. The molecule has 0 aliphatic heterocycles. The van der Waals surface area contributed by atoms with Crippen molar-refractivity contribution >= 4 is 0 Å². The number of ether oxygens (including phenoxy) is 1. The third-order valence-corrected chi connectivity index (χ3v) is 4.33. The van der Waals surface area contributed by atoms with E-state index in [0.29, 0.717) is 0 Å². The summed E-state index contributed by atoms with van der Waals surface area (Å²) in [5, 5.41) is 11.5. The molecule has 0 aliphatic carbocycles. The Bertz CT molecular complexity index is 746. The quantitative estimate of drug-likeness (QED) is 0.769. The lowest BCUT2D eigenvalue weighted by molar-refractivity contribution is 0.0378. The van der Waals surface area contributed by atoms with E-state index in [4.69, 9.17) is 4.74 Å². The van der Waals surface area contributed by atoms with E-state index in [0.717, 1.165) is 22.6 Å². The Morgan fingerprint density at radius 2 is 1.71 bits per heavy atom. The first-order chi connectivity index (χ1) is 11.6. The number of nitrogens with zero attached hydrogens (tertiary/aromatic N) is 1. The second kappa shape index (κ2) is 6.85. The minimum Gasteiger partial charge on any atom is -0.497 e. The van der Waals surface area contributed by atoms with Crippen LogP contribution in [0.2, 0.25) is 0 Å². The molecule has 3 aromatic rings. The smallest absolute Gasteiger partial charge is 0.119 e. The molecule has 0 bridgehead atoms. The highest BCUT2D eigenvalue weighted by molar-refractivity contribution is 5.40. The van der Waals surface area contributed by atoms with Crippen molar-refractivity contribution in [3.63, 3.8) is 0 Å². The highest BCUT2D eigenvalue weighted by atomic mass is 16.5. The van der Waals surface area contributed by atoms with Crippen LogP contribution >= 0.6 is 0 Å². The van der Waals surface area contributed by atoms with Gasteiger partial charge in [0.05, 0.1) is 24.3 Å². The average Bonchev–Trinajstić information content (AvgIpc) is 2.63. The first-order valence-corrected chi connectivity index (χ1v) is 7.95. The summed E-state index contributed by atoms with van der Waals surface area (Å²) in [5.74, 6) is 0.438. The molecule has 0 spiro atoms. The largest absolute Gasteiger partial charge is 0.497 e. The first kappa shape index (κ1) is 16.2. The van der Waals surface area contributed by atoms with Gasteiger partial charge in [-0.1, -0.05) is 48.5 Å². The molecule has 122 valence electrons. The van der Waals surface area contributed by atoms with Crippen LogP contribution in [0.5, 0.6) is 5.75 Å². The van der Waals surface area contributed by atoms with Gasteiger partial charge in [0.2, 0.25) is 0 Å². The van der Waals surface area contributed by atoms with Crippen LogP contribution in [0.1, 0.15) is 29.7 Å². The van der Waals surface area contributed by atoms with Gasteiger partial charge in [0, 0.05) is 6.20 Å². The molecule has 0 radical (unpaired) electrons. The van der Waals surface area contributed by atoms with E-state index in [9.17, 15) is 5.11 Å². The minimum atomic E-state index is -1.13. The summed E-state index contributed by atoms with van der Waals surface area (Å²) in [6, 6.07) is 23.3. The number of benzene rings is 2. The maximum atomic E-state index is 11.5. The number of rotatable bonds is 5. The van der Waals surface area contributed by atoms with Crippen molar-refractivity contribution < 1.29 is 9.84 Å². The van der Waals surface area contributed by atoms with Gasteiger partial charge in [-0.15, -0.1) is 0 Å². The molecule has 2 atom stereocenters. The predicted molar refractivity (Wildman–Crippen MR) is 95.1 cm³/mol. The van der Waals surface area contributed by atoms with Gasteiger partial charge in [-0.05, 0) is 42.3 Å². The average molecular weight is 319 g/mol. The highest BCUT2D eigenvalue weighted by Gasteiger charge is 2.37. The Hall–Kier alpha value is -2.65. The fraction of sp³-hybridized carbons (Fsp3) is 0.190. The van der Waals surface area contributed by atoms with Crippen LogP contribution in [0.3, 0.4) is 0 Å². The molecule has 0 fully saturated rings. The molecule has 0 saturated carbocycles. The van der Waals surface area contributed by atoms with Crippen molar-refractivity contribution in [3.8, 4) is 5.75 Å². The molecular formula is C21H21NO2. The maximum absolute atomic E-state index is 11.5. The molecule has 1 N–H and O–H groups in total. The number of pyridine rings is 1. The highest BCUT2D eigenvalue weighted by Crippen LogP contribution is 2.41. The molecule has 0 saturated heterocycles. The number of hydrogen-bond acceptors (Lipinski definition) is 3. The van der Waals surface area contributed by atoms with E-state index in [1.54, 1.807) is 13.3 Å². The number of aromatic nitrogens is 1. The Morgan fingerprint density at radius 3 is 2.38 bits per heavy atom. The van der Waals surface area contributed by atoms with Gasteiger partial charge in [-0.3, -0.25) is 4.98 Å². The van der Waals surface area contributed by atoms with Crippen molar-refractivity contribution in [2.75, 3.05) is 7.11 Å². The number of aliphatic hydroxyl groups is 1. The SMILES string of the molecule is COc1cccc(C(C)(O)C(c2ccccc2)c2ccccn2)c1. The Labute approximate surface area is 142 Å². The predicted octanol–water partition coefficient (Wildman–Crippen LogP) is 4.13. The monoisotopic (exact) mass is 319 g/mol. The summed E-state index contributed by atoms with van der Waals surface area (Å²) in [6.07, 6.45) is 1.76. The molecule has 3 rings (SSSR count). The van der Waals surface area contributed by atoms with Crippen LogP contribution in [0.4, 0.5) is 0 Å². The van der Waals surface area contributed by atoms with Gasteiger partial charge >= 0.3 is 0 Å². The summed E-state index contributed by atoms with van der Waals surface area (Å²) in [4.78, 5) is 4.50. The van der Waals surface area contributed by atoms with Crippen LogP contribution in [0, 0.1) is 0 Å². The molecule has 0 amide bonds. The fourth-order valence-corrected chi connectivity index (χ4v) is 3.08. The second-order valence-corrected chi connectivity index (χ2v) is 5.98. The van der Waals surface area contributed by atoms with E-state index >= 15 is 0 Å². The van der Waals surface area contributed by atoms with Gasteiger partial charge < -0.3 is 9.84 Å². The van der Waals surface area contributed by atoms with Gasteiger partial charge in [0.1, 0.15) is 5.75 Å². The van der Waals surface area contributed by atoms with Crippen molar-refractivity contribution in [2.45, 2.75) is 18.4 Å². The van der Waals surface area contributed by atoms with E-state index < -0.39 is 5.60 Å². The van der Waals surface area contributed by atoms with Gasteiger partial charge in [-0.2, -0.15) is 0 Å². The van der Waals surface area contributed by atoms with E-state index in [-0.39, 0.29) is 5.92 Å². The van der Waals surface area contributed by atoms with E-state index in [2.05, 4.69) is 4.98 Å². The zero-order valence-electron chi connectivity index (χ0n) is 13.9. The first-order valence-electron chi connectivity index (χ1n) is 7.95. The van der Waals surface area contributed by atoms with Crippen LogP contribution < -0.4 is 4.74 Å². The fourth-order valence-electron chi connectivity index (χ4n) is 3.08. The van der Waals surface area contributed by atoms with Gasteiger partial charge in [-0.25, -0.2) is 0 Å². The lowest BCUT2D eigenvalue weighted by Crippen LogP contribution is -2.31. The molecule has 2 aromatic carbocycles. The van der Waals surface area contributed by atoms with Crippen LogP contribution in [-0.4, -0.2) is 17.2 Å². The zero-order valence-corrected chi connectivity index (χ0v) is 13.9. The standard InChI is InChI=1S/C21H21NO2/c1-21(23,17-11-8-12-18(15-17)24-2)20(16-9-4-3-5-10-16)19-13-6-7-14-22-19/h3-15,20,23H,1-2H3. The van der Waals surface area contributed by atoms with Crippen LogP contribution in [0.25, 0.3) is 0 Å². The Morgan fingerprint density at radius 1 is 0.958 bits per heavy atom. The number of hydrogen-bond donors (Lipinski definition) is 1. The van der Waals surface area contributed by atoms with Crippen LogP contribution in [-0.2, 0) is 5.60 Å². The summed E-state index contributed by atoms with van der Waals surface area (Å²) in [7, 11) is 1.63. The van der Waals surface area contributed by atoms with Gasteiger partial charge in [0.15, 0.2) is 0 Å². The van der Waals surface area contributed by atoms with Gasteiger partial charge in [0.25, 0.3) is 0 Å². The van der Waals surface area contributed by atoms with E-state index in [1.807, 2.05) is 79.7 Å². The summed E-state index contributed by atoms with van der Waals surface area (Å²) >= 11 is 0. The molecule has 24 heavy (non-hydrogen) atoms. The second-order valence-electron chi connectivity index (χ2n) is 5.98. The lowest BCUT2D eigenvalue weighted by atomic mass is 9.76. The molecule has 3 nitrogen and oxygen atoms in total. The zero-order chi connectivity index (χ0) is 17.0. The number of methoxy groups -OCH3 is 1. The third kappa shape index (κ3) is 3.17. The molecule has 1 heterocycles. The minimum absolute atomic E-state index is 0.285.